The lowest BCUT2D eigenvalue weighted by Crippen LogP contribution is -2.12. The zero-order valence-corrected chi connectivity index (χ0v) is 16.0. The van der Waals surface area contributed by atoms with Gasteiger partial charge in [-0.2, -0.15) is 0 Å². The third kappa shape index (κ3) is 3.02. The first kappa shape index (κ1) is 17.2. The number of benzene rings is 1. The molecule has 3 heterocycles. The van der Waals surface area contributed by atoms with E-state index in [4.69, 9.17) is 11.6 Å². The average molecular weight is 405 g/mol. The molecule has 5 nitrogen and oxygen atoms in total. The molecule has 0 unspecified atom stereocenters. The molecule has 1 aromatic carbocycles. The van der Waals surface area contributed by atoms with E-state index in [0.29, 0.717) is 26.8 Å². The van der Waals surface area contributed by atoms with Crippen LogP contribution in [0.1, 0.15) is 20.8 Å². The topological polar surface area (TPSA) is 76.1 Å². The fourth-order valence-electron chi connectivity index (χ4n) is 2.82. The van der Waals surface area contributed by atoms with Gasteiger partial charge in [0, 0.05) is 21.7 Å². The molecule has 1 amide bonds. The number of nitrogens with zero attached hydrogens (tertiary/aromatic N) is 1. The van der Waals surface area contributed by atoms with Crippen molar-refractivity contribution in [3.05, 3.63) is 63.6 Å². The number of amides is 1. The van der Waals surface area contributed by atoms with Gasteiger partial charge in [-0.15, -0.1) is 11.3 Å². The van der Waals surface area contributed by atoms with Crippen LogP contribution in [0.25, 0.3) is 10.4 Å². The first-order valence-corrected chi connectivity index (χ1v) is 10.6. The third-order valence-electron chi connectivity index (χ3n) is 4.05. The zero-order valence-electron chi connectivity index (χ0n) is 13.6. The number of hydrogen-bond donors (Lipinski definition) is 1. The van der Waals surface area contributed by atoms with Gasteiger partial charge in [-0.25, -0.2) is 13.4 Å². The number of carbonyl (C=O) groups is 1. The number of aromatic nitrogens is 1. The second-order valence-electron chi connectivity index (χ2n) is 6.04. The summed E-state index contributed by atoms with van der Waals surface area (Å²) in [4.78, 5) is 18.1. The molecule has 1 N–H and O–H groups in total. The lowest BCUT2D eigenvalue weighted by Gasteiger charge is -2.16. The van der Waals surface area contributed by atoms with Crippen molar-refractivity contribution in [3.8, 4) is 10.4 Å². The first-order valence-electron chi connectivity index (χ1n) is 7.73. The Morgan fingerprint density at radius 2 is 2.04 bits per heavy atom. The highest BCUT2D eigenvalue weighted by molar-refractivity contribution is 7.91. The summed E-state index contributed by atoms with van der Waals surface area (Å²) in [5.41, 5.74) is 2.22. The van der Waals surface area contributed by atoms with Gasteiger partial charge in [-0.3, -0.25) is 4.79 Å². The predicted molar refractivity (Wildman–Crippen MR) is 103 cm³/mol. The number of rotatable bonds is 2. The Morgan fingerprint density at radius 1 is 1.23 bits per heavy atom. The molecule has 0 atom stereocenters. The number of nitrogens with one attached hydrogen (secondary N) is 1. The van der Waals surface area contributed by atoms with Crippen molar-refractivity contribution in [2.45, 2.75) is 17.6 Å². The Morgan fingerprint density at radius 3 is 2.77 bits per heavy atom. The summed E-state index contributed by atoms with van der Waals surface area (Å²) in [5.74, 6) is 0.00263. The monoisotopic (exact) mass is 404 g/mol. The number of halogens is 1. The van der Waals surface area contributed by atoms with Gasteiger partial charge in [0.1, 0.15) is 5.82 Å². The molecular formula is C18H13ClN2O3S2. The van der Waals surface area contributed by atoms with Crippen molar-refractivity contribution >= 4 is 44.5 Å². The molecule has 4 rings (SSSR count). The molecule has 26 heavy (non-hydrogen) atoms. The van der Waals surface area contributed by atoms with Crippen LogP contribution in [-0.4, -0.2) is 19.3 Å². The maximum Gasteiger partial charge on any atom is 0.266 e. The van der Waals surface area contributed by atoms with Gasteiger partial charge in [-0.05, 0) is 42.3 Å². The van der Waals surface area contributed by atoms with Crippen LogP contribution >= 0.6 is 22.9 Å². The van der Waals surface area contributed by atoms with E-state index in [1.165, 1.54) is 17.4 Å². The number of pyridine rings is 1. The Labute approximate surface area is 159 Å². The summed E-state index contributed by atoms with van der Waals surface area (Å²) in [7, 11) is -3.48. The summed E-state index contributed by atoms with van der Waals surface area (Å²) >= 11 is 7.22. The maximum absolute atomic E-state index is 12.5. The number of carbonyl (C=O) groups excluding carboxylic acids is 1. The minimum absolute atomic E-state index is 0.137. The molecule has 0 saturated carbocycles. The number of fused-ring (bicyclic) bond motifs is 3. The molecule has 0 fully saturated rings. The van der Waals surface area contributed by atoms with E-state index in [0.717, 1.165) is 10.4 Å². The van der Waals surface area contributed by atoms with Crippen molar-refractivity contribution in [2.24, 2.45) is 0 Å². The van der Waals surface area contributed by atoms with Crippen molar-refractivity contribution in [3.63, 3.8) is 0 Å². The number of anilines is 1. The smallest absolute Gasteiger partial charge is 0.266 e. The molecule has 0 aliphatic carbocycles. The summed E-state index contributed by atoms with van der Waals surface area (Å²) in [5, 5.41) is 3.11. The van der Waals surface area contributed by atoms with Gasteiger partial charge >= 0.3 is 0 Å². The van der Waals surface area contributed by atoms with Crippen LogP contribution in [0.4, 0.5) is 5.82 Å². The molecule has 132 valence electrons. The van der Waals surface area contributed by atoms with Gasteiger partial charge in [0.2, 0.25) is 0 Å². The van der Waals surface area contributed by atoms with Crippen molar-refractivity contribution in [2.75, 3.05) is 5.32 Å². The maximum atomic E-state index is 12.5. The molecule has 1 aliphatic rings. The van der Waals surface area contributed by atoms with Crippen LogP contribution in [0.3, 0.4) is 0 Å². The predicted octanol–water partition coefficient (Wildman–Crippen LogP) is 4.31. The van der Waals surface area contributed by atoms with Crippen LogP contribution in [-0.2, 0) is 15.6 Å². The fraction of sp³-hybridized carbons (Fsp3) is 0.111. The standard InChI is InChI=1S/C18H13ClN2O3S2/c1-10-2-5-16(20-8-10)21-18(22)14-6-11-9-26(23,24)15-7-12(19)3-4-13(15)17(11)25-14/h2-8H,9H2,1H3,(H,20,21,22). The fourth-order valence-corrected chi connectivity index (χ4v) is 5.93. The molecule has 1 aliphatic heterocycles. The van der Waals surface area contributed by atoms with Crippen LogP contribution in [0.15, 0.2) is 47.5 Å². The lowest BCUT2D eigenvalue weighted by molar-refractivity contribution is 0.103. The minimum Gasteiger partial charge on any atom is -0.306 e. The Bertz CT molecular complexity index is 1140. The van der Waals surface area contributed by atoms with E-state index in [1.807, 2.05) is 13.0 Å². The third-order valence-corrected chi connectivity index (χ3v) is 7.20. The van der Waals surface area contributed by atoms with Crippen molar-refractivity contribution in [1.29, 1.82) is 0 Å². The summed E-state index contributed by atoms with van der Waals surface area (Å²) < 4.78 is 25.1. The number of aryl methyl sites for hydroxylation is 1. The Hall–Kier alpha value is -2.22. The summed E-state index contributed by atoms with van der Waals surface area (Å²) in [6, 6.07) is 10.0. The van der Waals surface area contributed by atoms with Gasteiger partial charge in [0.15, 0.2) is 9.84 Å². The van der Waals surface area contributed by atoms with E-state index in [1.54, 1.807) is 30.5 Å². The minimum atomic E-state index is -3.48. The molecule has 0 bridgehead atoms. The van der Waals surface area contributed by atoms with E-state index >= 15 is 0 Å². The Balaban J connectivity index is 1.72. The van der Waals surface area contributed by atoms with Crippen LogP contribution in [0, 0.1) is 6.92 Å². The van der Waals surface area contributed by atoms with Gasteiger partial charge in [0.05, 0.1) is 15.5 Å². The second kappa shape index (κ2) is 6.19. The van der Waals surface area contributed by atoms with E-state index in [-0.39, 0.29) is 16.6 Å². The molecule has 3 aromatic rings. The highest BCUT2D eigenvalue weighted by atomic mass is 35.5. The van der Waals surface area contributed by atoms with Crippen molar-refractivity contribution < 1.29 is 13.2 Å². The number of thiophene rings is 1. The van der Waals surface area contributed by atoms with E-state index in [2.05, 4.69) is 10.3 Å². The highest BCUT2D eigenvalue weighted by Crippen LogP contribution is 2.43. The number of sulfone groups is 1. The van der Waals surface area contributed by atoms with Crippen molar-refractivity contribution in [1.82, 2.24) is 4.98 Å². The quantitative estimate of drug-likeness (QED) is 0.690. The largest absolute Gasteiger partial charge is 0.306 e. The number of hydrogen-bond acceptors (Lipinski definition) is 5. The van der Waals surface area contributed by atoms with Crippen LogP contribution < -0.4 is 5.32 Å². The van der Waals surface area contributed by atoms with Gasteiger partial charge in [-0.1, -0.05) is 23.7 Å². The first-order chi connectivity index (χ1) is 12.3. The van der Waals surface area contributed by atoms with Gasteiger partial charge in [0.25, 0.3) is 5.91 Å². The molecule has 0 radical (unpaired) electrons. The Kier molecular flexibility index (Phi) is 4.10. The molecular weight excluding hydrogens is 392 g/mol. The van der Waals surface area contributed by atoms with Gasteiger partial charge < -0.3 is 5.32 Å². The van der Waals surface area contributed by atoms with Crippen LogP contribution in [0.5, 0.6) is 0 Å². The molecule has 0 saturated heterocycles. The average Bonchev–Trinajstić information content (AvgIpc) is 3.00. The zero-order chi connectivity index (χ0) is 18.5. The van der Waals surface area contributed by atoms with E-state index < -0.39 is 9.84 Å². The summed E-state index contributed by atoms with van der Waals surface area (Å²) in [6.45, 7) is 1.91. The molecule has 0 spiro atoms. The normalized spacial score (nSPS) is 14.4. The van der Waals surface area contributed by atoms with Crippen LogP contribution in [0.2, 0.25) is 5.02 Å². The molecule has 8 heteroatoms. The highest BCUT2D eigenvalue weighted by Gasteiger charge is 2.31. The second-order valence-corrected chi connectivity index (χ2v) is 9.49. The lowest BCUT2D eigenvalue weighted by atomic mass is 10.1. The SMILES string of the molecule is Cc1ccc(NC(=O)c2cc3c(s2)-c2ccc(Cl)cc2S(=O)(=O)C3)nc1. The molecule has 2 aromatic heterocycles. The summed E-state index contributed by atoms with van der Waals surface area (Å²) in [6.07, 6.45) is 1.67. The van der Waals surface area contributed by atoms with E-state index in [9.17, 15) is 13.2 Å².